The van der Waals surface area contributed by atoms with Gasteiger partial charge >= 0.3 is 0 Å². The summed E-state index contributed by atoms with van der Waals surface area (Å²) in [6.07, 6.45) is 6.97. The van der Waals surface area contributed by atoms with Gasteiger partial charge in [0.25, 0.3) is 0 Å². The summed E-state index contributed by atoms with van der Waals surface area (Å²) in [4.78, 5) is 0. The normalized spacial score (nSPS) is 37.0. The summed E-state index contributed by atoms with van der Waals surface area (Å²) in [7, 11) is 0. The van der Waals surface area contributed by atoms with Crippen molar-refractivity contribution in [1.29, 1.82) is 0 Å². The van der Waals surface area contributed by atoms with Crippen molar-refractivity contribution < 1.29 is 4.74 Å². The highest BCUT2D eigenvalue weighted by Crippen LogP contribution is 2.37. The second-order valence-electron chi connectivity index (χ2n) is 6.11. The van der Waals surface area contributed by atoms with Crippen molar-refractivity contribution in [3.8, 4) is 0 Å². The minimum atomic E-state index is 0.466. The highest BCUT2D eigenvalue weighted by molar-refractivity contribution is 4.89. The molecule has 1 saturated heterocycles. The van der Waals surface area contributed by atoms with E-state index in [1.54, 1.807) is 0 Å². The summed E-state index contributed by atoms with van der Waals surface area (Å²) in [6.45, 7) is 8.00. The zero-order chi connectivity index (χ0) is 10.9. The van der Waals surface area contributed by atoms with Gasteiger partial charge in [0.15, 0.2) is 0 Å². The van der Waals surface area contributed by atoms with Crippen LogP contribution in [-0.4, -0.2) is 24.8 Å². The predicted molar refractivity (Wildman–Crippen MR) is 63.0 cm³/mol. The minimum Gasteiger partial charge on any atom is -0.377 e. The lowest BCUT2D eigenvalue weighted by Crippen LogP contribution is -2.42. The summed E-state index contributed by atoms with van der Waals surface area (Å²) in [5.74, 6) is 0. The SMILES string of the molecule is CC(NC1CCC(C)(C)C1)C1CCCO1. The maximum Gasteiger partial charge on any atom is 0.0726 e. The molecule has 1 aliphatic heterocycles. The molecule has 2 fully saturated rings. The molecule has 1 saturated carbocycles. The molecular formula is C13H25NO. The smallest absolute Gasteiger partial charge is 0.0726 e. The first-order chi connectivity index (χ1) is 7.07. The second kappa shape index (κ2) is 4.42. The van der Waals surface area contributed by atoms with Gasteiger partial charge in [-0.2, -0.15) is 0 Å². The van der Waals surface area contributed by atoms with E-state index in [0.29, 0.717) is 17.6 Å². The number of ether oxygens (including phenoxy) is 1. The lowest BCUT2D eigenvalue weighted by atomic mass is 9.91. The molecule has 1 aliphatic carbocycles. The molecule has 0 radical (unpaired) electrons. The third-order valence-electron chi connectivity index (χ3n) is 3.99. The van der Waals surface area contributed by atoms with Crippen LogP contribution in [0.15, 0.2) is 0 Å². The van der Waals surface area contributed by atoms with Crippen molar-refractivity contribution in [2.75, 3.05) is 6.61 Å². The van der Waals surface area contributed by atoms with Gasteiger partial charge in [0.1, 0.15) is 0 Å². The summed E-state index contributed by atoms with van der Waals surface area (Å²) < 4.78 is 5.71. The van der Waals surface area contributed by atoms with E-state index in [1.807, 2.05) is 0 Å². The average molecular weight is 211 g/mol. The Morgan fingerprint density at radius 1 is 1.33 bits per heavy atom. The molecule has 1 heterocycles. The lowest BCUT2D eigenvalue weighted by Gasteiger charge is -2.25. The molecule has 15 heavy (non-hydrogen) atoms. The Kier molecular flexibility index (Phi) is 3.36. The average Bonchev–Trinajstić information content (AvgIpc) is 2.74. The van der Waals surface area contributed by atoms with Crippen LogP contribution >= 0.6 is 0 Å². The first kappa shape index (κ1) is 11.4. The van der Waals surface area contributed by atoms with Gasteiger partial charge in [0, 0.05) is 18.7 Å². The van der Waals surface area contributed by atoms with Crippen molar-refractivity contribution in [2.45, 2.75) is 71.1 Å². The molecule has 0 aromatic rings. The Balaban J connectivity index is 1.77. The van der Waals surface area contributed by atoms with Crippen LogP contribution in [0, 0.1) is 5.41 Å². The van der Waals surface area contributed by atoms with E-state index in [9.17, 15) is 0 Å². The fraction of sp³-hybridized carbons (Fsp3) is 1.00. The monoisotopic (exact) mass is 211 g/mol. The number of hydrogen-bond donors (Lipinski definition) is 1. The van der Waals surface area contributed by atoms with E-state index in [2.05, 4.69) is 26.1 Å². The molecule has 0 bridgehead atoms. The summed E-state index contributed by atoms with van der Waals surface area (Å²) in [6, 6.07) is 1.26. The van der Waals surface area contributed by atoms with Crippen LogP contribution in [0.4, 0.5) is 0 Å². The van der Waals surface area contributed by atoms with E-state index in [-0.39, 0.29) is 0 Å². The first-order valence-electron chi connectivity index (χ1n) is 6.44. The molecule has 2 rings (SSSR count). The van der Waals surface area contributed by atoms with Crippen LogP contribution in [0.5, 0.6) is 0 Å². The largest absolute Gasteiger partial charge is 0.377 e. The molecule has 0 amide bonds. The highest BCUT2D eigenvalue weighted by atomic mass is 16.5. The Hall–Kier alpha value is -0.0800. The Bertz CT molecular complexity index is 209. The van der Waals surface area contributed by atoms with Crippen LogP contribution in [-0.2, 0) is 4.74 Å². The third kappa shape index (κ3) is 2.94. The molecule has 0 spiro atoms. The number of rotatable bonds is 3. The van der Waals surface area contributed by atoms with Crippen molar-refractivity contribution in [2.24, 2.45) is 5.41 Å². The van der Waals surface area contributed by atoms with Gasteiger partial charge in [0.2, 0.25) is 0 Å². The van der Waals surface area contributed by atoms with Crippen molar-refractivity contribution in [1.82, 2.24) is 5.32 Å². The molecule has 0 aromatic carbocycles. The van der Waals surface area contributed by atoms with E-state index in [4.69, 9.17) is 4.74 Å². The van der Waals surface area contributed by atoms with Crippen LogP contribution in [0.2, 0.25) is 0 Å². The van der Waals surface area contributed by atoms with E-state index >= 15 is 0 Å². The van der Waals surface area contributed by atoms with Crippen LogP contribution in [0.25, 0.3) is 0 Å². The molecule has 3 unspecified atom stereocenters. The lowest BCUT2D eigenvalue weighted by molar-refractivity contribution is 0.0794. The van der Waals surface area contributed by atoms with Gasteiger partial charge in [-0.1, -0.05) is 13.8 Å². The zero-order valence-corrected chi connectivity index (χ0v) is 10.4. The van der Waals surface area contributed by atoms with Crippen LogP contribution < -0.4 is 5.32 Å². The van der Waals surface area contributed by atoms with E-state index in [1.165, 1.54) is 32.1 Å². The maximum atomic E-state index is 5.71. The van der Waals surface area contributed by atoms with E-state index < -0.39 is 0 Å². The van der Waals surface area contributed by atoms with Crippen LogP contribution in [0.1, 0.15) is 52.9 Å². The van der Waals surface area contributed by atoms with E-state index in [0.717, 1.165) is 12.6 Å². The standard InChI is InChI=1S/C13H25NO/c1-10(12-5-4-8-15-12)14-11-6-7-13(2,3)9-11/h10-12,14H,4-9H2,1-3H3. The van der Waals surface area contributed by atoms with Crippen molar-refractivity contribution >= 4 is 0 Å². The molecule has 2 heteroatoms. The minimum absolute atomic E-state index is 0.466. The molecule has 3 atom stereocenters. The Labute approximate surface area is 93.8 Å². The Morgan fingerprint density at radius 2 is 2.13 bits per heavy atom. The van der Waals surface area contributed by atoms with Gasteiger partial charge < -0.3 is 10.1 Å². The van der Waals surface area contributed by atoms with Gasteiger partial charge in [-0.05, 0) is 44.4 Å². The first-order valence-corrected chi connectivity index (χ1v) is 6.44. The van der Waals surface area contributed by atoms with Gasteiger partial charge in [0.05, 0.1) is 6.10 Å². The summed E-state index contributed by atoms with van der Waals surface area (Å²) in [5, 5.41) is 3.75. The molecule has 1 N–H and O–H groups in total. The van der Waals surface area contributed by atoms with Gasteiger partial charge in [-0.25, -0.2) is 0 Å². The van der Waals surface area contributed by atoms with Crippen molar-refractivity contribution in [3.05, 3.63) is 0 Å². The Morgan fingerprint density at radius 3 is 2.67 bits per heavy atom. The van der Waals surface area contributed by atoms with Crippen molar-refractivity contribution in [3.63, 3.8) is 0 Å². The van der Waals surface area contributed by atoms with Crippen LogP contribution in [0.3, 0.4) is 0 Å². The summed E-state index contributed by atoms with van der Waals surface area (Å²) in [5.41, 5.74) is 0.550. The highest BCUT2D eigenvalue weighted by Gasteiger charge is 2.33. The predicted octanol–water partition coefficient (Wildman–Crippen LogP) is 2.72. The number of hydrogen-bond acceptors (Lipinski definition) is 2. The fourth-order valence-corrected chi connectivity index (χ4v) is 3.05. The quantitative estimate of drug-likeness (QED) is 0.775. The molecule has 0 aromatic heterocycles. The molecule has 2 nitrogen and oxygen atoms in total. The topological polar surface area (TPSA) is 21.3 Å². The second-order valence-corrected chi connectivity index (χ2v) is 6.11. The zero-order valence-electron chi connectivity index (χ0n) is 10.4. The molecular weight excluding hydrogens is 186 g/mol. The molecule has 2 aliphatic rings. The van der Waals surface area contributed by atoms with Gasteiger partial charge in [-0.3, -0.25) is 0 Å². The molecule has 88 valence electrons. The number of nitrogens with one attached hydrogen (secondary N) is 1. The summed E-state index contributed by atoms with van der Waals surface area (Å²) >= 11 is 0. The fourth-order valence-electron chi connectivity index (χ4n) is 3.05. The maximum absolute atomic E-state index is 5.71. The third-order valence-corrected chi connectivity index (χ3v) is 3.99. The van der Waals surface area contributed by atoms with Gasteiger partial charge in [-0.15, -0.1) is 0 Å².